The second kappa shape index (κ2) is 5.62. The minimum absolute atomic E-state index is 0.333. The van der Waals surface area contributed by atoms with Gasteiger partial charge in [-0.3, -0.25) is 10.8 Å². The molecule has 2 aromatic heterocycles. The lowest BCUT2D eigenvalue weighted by molar-refractivity contribution is 0.383. The van der Waals surface area contributed by atoms with E-state index in [1.54, 1.807) is 19.5 Å². The molecule has 0 fully saturated rings. The van der Waals surface area contributed by atoms with E-state index in [-0.39, 0.29) is 6.04 Å². The summed E-state index contributed by atoms with van der Waals surface area (Å²) in [5.74, 6) is 6.05. The first kappa shape index (κ1) is 13.2. The van der Waals surface area contributed by atoms with Crippen LogP contribution in [0.15, 0.2) is 17.8 Å². The quantitative estimate of drug-likeness (QED) is 0.664. The van der Waals surface area contributed by atoms with Crippen LogP contribution in [0.4, 0.5) is 0 Å². The van der Waals surface area contributed by atoms with E-state index in [1.807, 2.05) is 12.3 Å². The van der Waals surface area contributed by atoms with Gasteiger partial charge in [-0.1, -0.05) is 11.6 Å². The smallest absolute Gasteiger partial charge is 0.237 e. The number of hydrazine groups is 1. The first-order valence-electron chi connectivity index (χ1n) is 5.23. The number of halogens is 1. The Morgan fingerprint density at radius 1 is 1.44 bits per heavy atom. The van der Waals surface area contributed by atoms with Crippen molar-refractivity contribution >= 4 is 22.9 Å². The molecule has 7 heteroatoms. The molecule has 2 rings (SSSR count). The van der Waals surface area contributed by atoms with Crippen LogP contribution in [-0.4, -0.2) is 17.1 Å². The predicted molar refractivity (Wildman–Crippen MR) is 71.8 cm³/mol. The van der Waals surface area contributed by atoms with Gasteiger partial charge in [0.25, 0.3) is 0 Å². The molecule has 0 aliphatic heterocycles. The summed E-state index contributed by atoms with van der Waals surface area (Å²) < 4.78 is 5.19. The minimum Gasteiger partial charge on any atom is -0.480 e. The highest BCUT2D eigenvalue weighted by molar-refractivity contribution is 7.10. The number of aryl methyl sites for hydroxylation is 1. The Kier molecular flexibility index (Phi) is 4.13. The maximum Gasteiger partial charge on any atom is 0.237 e. The van der Waals surface area contributed by atoms with E-state index in [0.29, 0.717) is 16.6 Å². The Balaban J connectivity index is 2.48. The summed E-state index contributed by atoms with van der Waals surface area (Å²) in [6.45, 7) is 1.95. The molecule has 2 aromatic rings. The van der Waals surface area contributed by atoms with Crippen molar-refractivity contribution in [1.82, 2.24) is 15.4 Å². The van der Waals surface area contributed by atoms with Crippen molar-refractivity contribution in [2.24, 2.45) is 5.84 Å². The molecule has 1 unspecified atom stereocenters. The average Bonchev–Trinajstić information content (AvgIpc) is 2.73. The zero-order valence-electron chi connectivity index (χ0n) is 9.98. The SMILES string of the molecule is COc1nccnc1C(NN)c1scc(C)c1Cl. The van der Waals surface area contributed by atoms with Gasteiger partial charge in [0.2, 0.25) is 5.88 Å². The predicted octanol–water partition coefficient (Wildman–Crippen LogP) is 2.06. The first-order valence-corrected chi connectivity index (χ1v) is 6.49. The highest BCUT2D eigenvalue weighted by atomic mass is 35.5. The Bertz CT molecular complexity index is 546. The van der Waals surface area contributed by atoms with Crippen molar-refractivity contribution in [2.45, 2.75) is 13.0 Å². The summed E-state index contributed by atoms with van der Waals surface area (Å²) in [7, 11) is 1.54. The molecule has 0 bridgehead atoms. The van der Waals surface area contributed by atoms with Gasteiger partial charge in [0, 0.05) is 17.3 Å². The number of rotatable bonds is 4. The molecule has 5 nitrogen and oxygen atoms in total. The van der Waals surface area contributed by atoms with Gasteiger partial charge in [-0.2, -0.15) is 0 Å². The van der Waals surface area contributed by atoms with Crippen LogP contribution >= 0.6 is 22.9 Å². The van der Waals surface area contributed by atoms with E-state index in [1.165, 1.54) is 11.3 Å². The van der Waals surface area contributed by atoms with E-state index < -0.39 is 0 Å². The van der Waals surface area contributed by atoms with Gasteiger partial charge >= 0.3 is 0 Å². The van der Waals surface area contributed by atoms with Crippen LogP contribution in [-0.2, 0) is 0 Å². The molecule has 2 heterocycles. The third kappa shape index (κ3) is 2.32. The van der Waals surface area contributed by atoms with Gasteiger partial charge in [0.1, 0.15) is 11.7 Å². The van der Waals surface area contributed by atoms with Crippen molar-refractivity contribution in [3.63, 3.8) is 0 Å². The van der Waals surface area contributed by atoms with Crippen LogP contribution in [0.5, 0.6) is 5.88 Å². The largest absolute Gasteiger partial charge is 0.480 e. The third-order valence-corrected chi connectivity index (χ3v) is 4.29. The van der Waals surface area contributed by atoms with E-state index in [0.717, 1.165) is 10.4 Å². The molecule has 18 heavy (non-hydrogen) atoms. The van der Waals surface area contributed by atoms with E-state index >= 15 is 0 Å². The number of ether oxygens (including phenoxy) is 1. The summed E-state index contributed by atoms with van der Waals surface area (Å²) in [6.07, 6.45) is 3.16. The Hall–Kier alpha value is -1.21. The molecule has 1 atom stereocenters. The molecule has 0 aliphatic carbocycles. The molecule has 0 saturated heterocycles. The molecule has 0 aliphatic rings. The van der Waals surface area contributed by atoms with Gasteiger partial charge in [-0.05, 0) is 17.9 Å². The van der Waals surface area contributed by atoms with Crippen LogP contribution in [0.1, 0.15) is 22.2 Å². The lowest BCUT2D eigenvalue weighted by atomic mass is 10.1. The lowest BCUT2D eigenvalue weighted by Crippen LogP contribution is -2.29. The van der Waals surface area contributed by atoms with Crippen LogP contribution in [0.25, 0.3) is 0 Å². The summed E-state index contributed by atoms with van der Waals surface area (Å²) >= 11 is 7.78. The molecule has 0 aromatic carbocycles. The maximum absolute atomic E-state index is 6.25. The molecule has 0 saturated carbocycles. The Morgan fingerprint density at radius 3 is 2.72 bits per heavy atom. The number of aromatic nitrogens is 2. The second-order valence-corrected chi connectivity index (χ2v) is 4.94. The molecule has 0 spiro atoms. The van der Waals surface area contributed by atoms with Crippen molar-refractivity contribution in [3.05, 3.63) is 38.9 Å². The zero-order chi connectivity index (χ0) is 13.1. The van der Waals surface area contributed by atoms with Crippen molar-refractivity contribution in [2.75, 3.05) is 7.11 Å². The number of hydrogen-bond acceptors (Lipinski definition) is 6. The maximum atomic E-state index is 6.25. The second-order valence-electron chi connectivity index (χ2n) is 3.65. The van der Waals surface area contributed by atoms with Crippen molar-refractivity contribution in [3.8, 4) is 5.88 Å². The fourth-order valence-electron chi connectivity index (χ4n) is 1.61. The molecule has 0 radical (unpaired) electrons. The number of methoxy groups -OCH3 is 1. The van der Waals surface area contributed by atoms with E-state index in [9.17, 15) is 0 Å². The van der Waals surface area contributed by atoms with Crippen molar-refractivity contribution in [1.29, 1.82) is 0 Å². The number of thiophene rings is 1. The van der Waals surface area contributed by atoms with E-state index in [2.05, 4.69) is 15.4 Å². The van der Waals surface area contributed by atoms with Crippen LogP contribution in [0.3, 0.4) is 0 Å². The number of nitrogens with zero attached hydrogens (tertiary/aromatic N) is 2. The van der Waals surface area contributed by atoms with E-state index in [4.69, 9.17) is 22.2 Å². The number of hydrogen-bond donors (Lipinski definition) is 2. The monoisotopic (exact) mass is 284 g/mol. The zero-order valence-corrected chi connectivity index (χ0v) is 11.5. The Labute approximate surface area is 114 Å². The summed E-state index contributed by atoms with van der Waals surface area (Å²) in [4.78, 5) is 9.27. The minimum atomic E-state index is -0.333. The van der Waals surface area contributed by atoms with Gasteiger partial charge in [0.15, 0.2) is 0 Å². The molecule has 3 N–H and O–H groups in total. The molecule has 96 valence electrons. The normalized spacial score (nSPS) is 12.4. The molecule has 0 amide bonds. The summed E-state index contributed by atoms with van der Waals surface area (Å²) in [5, 5.41) is 2.67. The highest BCUT2D eigenvalue weighted by Gasteiger charge is 2.23. The first-order chi connectivity index (χ1) is 8.69. The number of nitrogens with two attached hydrogens (primary N) is 1. The summed E-state index contributed by atoms with van der Waals surface area (Å²) in [6, 6.07) is -0.333. The molecular formula is C11H13ClN4OS. The standard InChI is InChI=1S/C11H13ClN4OS/c1-6-5-18-10(7(6)12)8(16-13)9-11(17-2)15-4-3-14-9/h3-5,8,16H,13H2,1-2H3. The van der Waals surface area contributed by atoms with Gasteiger partial charge < -0.3 is 4.74 Å². The number of nitrogens with one attached hydrogen (secondary N) is 1. The van der Waals surface area contributed by atoms with Gasteiger partial charge in [-0.15, -0.1) is 11.3 Å². The van der Waals surface area contributed by atoms with Gasteiger partial charge in [-0.25, -0.2) is 10.4 Å². The topological polar surface area (TPSA) is 73.1 Å². The summed E-state index contributed by atoms with van der Waals surface area (Å²) in [5.41, 5.74) is 4.34. The Morgan fingerprint density at radius 2 is 2.17 bits per heavy atom. The highest BCUT2D eigenvalue weighted by Crippen LogP contribution is 2.36. The fraction of sp³-hybridized carbons (Fsp3) is 0.273. The van der Waals surface area contributed by atoms with Crippen LogP contribution in [0, 0.1) is 6.92 Å². The third-order valence-electron chi connectivity index (χ3n) is 2.51. The fourth-order valence-corrected chi connectivity index (χ4v) is 2.98. The van der Waals surface area contributed by atoms with Crippen molar-refractivity contribution < 1.29 is 4.74 Å². The lowest BCUT2D eigenvalue weighted by Gasteiger charge is -2.16. The van der Waals surface area contributed by atoms with Gasteiger partial charge in [0.05, 0.1) is 12.1 Å². The average molecular weight is 285 g/mol. The van der Waals surface area contributed by atoms with Crippen LogP contribution in [0.2, 0.25) is 5.02 Å². The molecular weight excluding hydrogens is 272 g/mol. The van der Waals surface area contributed by atoms with Crippen LogP contribution < -0.4 is 16.0 Å².